The first-order valence-corrected chi connectivity index (χ1v) is 13.4. The number of aromatic nitrogens is 1. The van der Waals surface area contributed by atoms with E-state index < -0.39 is 15.7 Å². The molecule has 2 aromatic rings. The number of anilines is 1. The molecule has 0 saturated carbocycles. The van der Waals surface area contributed by atoms with Gasteiger partial charge in [-0.05, 0) is 12.1 Å². The maximum atomic E-state index is 13.2. The Bertz CT molecular complexity index is 1090. The highest BCUT2D eigenvalue weighted by Gasteiger charge is 2.20. The van der Waals surface area contributed by atoms with Gasteiger partial charge in [0.15, 0.2) is 20.7 Å². The van der Waals surface area contributed by atoms with Gasteiger partial charge in [-0.15, -0.1) is 11.3 Å². The summed E-state index contributed by atoms with van der Waals surface area (Å²) in [6.45, 7) is 6.16. The summed E-state index contributed by atoms with van der Waals surface area (Å²) in [5.41, 5.74) is 0.721. The van der Waals surface area contributed by atoms with Crippen LogP contribution in [0.25, 0.3) is 0 Å². The predicted molar refractivity (Wildman–Crippen MR) is 125 cm³/mol. The molecule has 12 heteroatoms. The Balaban J connectivity index is 1.51. The Morgan fingerprint density at radius 3 is 2.36 bits per heavy atom. The number of hydrazone groups is 1. The van der Waals surface area contributed by atoms with Crippen molar-refractivity contribution >= 4 is 37.9 Å². The fourth-order valence-corrected chi connectivity index (χ4v) is 4.94. The van der Waals surface area contributed by atoms with Gasteiger partial charge in [0.05, 0.1) is 44.4 Å². The number of amides is 1. The molecule has 2 saturated heterocycles. The van der Waals surface area contributed by atoms with Gasteiger partial charge in [-0.1, -0.05) is 12.1 Å². The van der Waals surface area contributed by atoms with Crippen LogP contribution >= 0.6 is 11.3 Å². The maximum Gasteiger partial charge on any atom is 0.278 e. The van der Waals surface area contributed by atoms with Gasteiger partial charge in [-0.2, -0.15) is 5.10 Å². The lowest BCUT2D eigenvalue weighted by molar-refractivity contribution is -0.110. The lowest BCUT2D eigenvalue weighted by atomic mass is 10.1. The Hall–Kier alpha value is -2.38. The molecular formula is C21H27N5O5S2. The van der Waals surface area contributed by atoms with Gasteiger partial charge >= 0.3 is 0 Å². The van der Waals surface area contributed by atoms with Crippen molar-refractivity contribution in [2.24, 2.45) is 5.10 Å². The molecule has 0 spiro atoms. The lowest BCUT2D eigenvalue weighted by Gasteiger charge is -2.25. The summed E-state index contributed by atoms with van der Waals surface area (Å²) in [5, 5.41) is 9.69. The highest BCUT2D eigenvalue weighted by atomic mass is 32.2. The maximum absolute atomic E-state index is 13.2. The van der Waals surface area contributed by atoms with Crippen LogP contribution in [0.4, 0.5) is 5.13 Å². The molecule has 178 valence electrons. The molecule has 0 atom stereocenters. The minimum atomic E-state index is -3.34. The first-order valence-electron chi connectivity index (χ1n) is 10.7. The van der Waals surface area contributed by atoms with Gasteiger partial charge in [-0.25, -0.2) is 13.4 Å². The van der Waals surface area contributed by atoms with Crippen molar-refractivity contribution in [1.29, 1.82) is 0 Å². The number of carbonyl (C=O) groups excluding carboxylic acids is 1. The number of hydrogen-bond donors (Lipinski definition) is 1. The molecule has 1 N–H and O–H groups in total. The quantitative estimate of drug-likeness (QED) is 0.570. The van der Waals surface area contributed by atoms with E-state index in [-0.39, 0.29) is 10.6 Å². The number of rotatable bonds is 7. The van der Waals surface area contributed by atoms with E-state index in [1.54, 1.807) is 23.3 Å². The van der Waals surface area contributed by atoms with Crippen LogP contribution in [-0.2, 0) is 30.7 Å². The van der Waals surface area contributed by atoms with E-state index in [1.165, 1.54) is 23.5 Å². The first kappa shape index (κ1) is 23.8. The lowest BCUT2D eigenvalue weighted by Crippen LogP contribution is -2.35. The number of benzene rings is 1. The van der Waals surface area contributed by atoms with E-state index in [0.717, 1.165) is 44.0 Å². The summed E-state index contributed by atoms with van der Waals surface area (Å²) < 4.78 is 34.4. The average molecular weight is 494 g/mol. The second-order valence-electron chi connectivity index (χ2n) is 7.79. The molecule has 4 rings (SSSR count). The number of thiazole rings is 1. The largest absolute Gasteiger partial charge is 0.379 e. The first-order chi connectivity index (χ1) is 15.9. The Morgan fingerprint density at radius 2 is 1.73 bits per heavy atom. The van der Waals surface area contributed by atoms with E-state index in [2.05, 4.69) is 20.3 Å². The number of morpholine rings is 2. The van der Waals surface area contributed by atoms with Gasteiger partial charge in [-0.3, -0.25) is 20.0 Å². The average Bonchev–Trinajstić information content (AvgIpc) is 3.25. The van der Waals surface area contributed by atoms with E-state index in [0.29, 0.717) is 37.0 Å². The molecule has 0 radical (unpaired) electrons. The van der Waals surface area contributed by atoms with Crippen LogP contribution < -0.4 is 5.32 Å². The zero-order valence-corrected chi connectivity index (χ0v) is 20.0. The van der Waals surface area contributed by atoms with E-state index in [4.69, 9.17) is 9.47 Å². The van der Waals surface area contributed by atoms with Crippen molar-refractivity contribution in [2.45, 2.75) is 11.4 Å². The summed E-state index contributed by atoms with van der Waals surface area (Å²) in [4.78, 5) is 21.1. The standard InChI is InChI=1S/C21H27N5O5S2/c1-33(28,29)18-4-2-16(3-5-18)19(24-26-8-12-31-13-9-26)20(27)23-21-22-14-17(32-21)15-25-6-10-30-11-7-25/h2-5,14H,6-13,15H2,1H3,(H,22,23,27)/b24-19+. The molecule has 1 aromatic carbocycles. The van der Waals surface area contributed by atoms with E-state index >= 15 is 0 Å². The molecule has 0 unspecified atom stereocenters. The van der Waals surface area contributed by atoms with Crippen molar-refractivity contribution in [2.75, 3.05) is 64.2 Å². The second kappa shape index (κ2) is 10.7. The Morgan fingerprint density at radius 1 is 1.09 bits per heavy atom. The van der Waals surface area contributed by atoms with E-state index in [1.807, 2.05) is 0 Å². The molecule has 2 aliphatic rings. The number of nitrogens with one attached hydrogen (secondary N) is 1. The topological polar surface area (TPSA) is 113 Å². The van der Waals surface area contributed by atoms with Gasteiger partial charge in [0, 0.05) is 42.5 Å². The monoisotopic (exact) mass is 493 g/mol. The molecule has 10 nitrogen and oxygen atoms in total. The van der Waals surface area contributed by atoms with Crippen LogP contribution in [0, 0.1) is 0 Å². The summed E-state index contributed by atoms with van der Waals surface area (Å²) in [6, 6.07) is 6.16. The fraction of sp³-hybridized carbons (Fsp3) is 0.476. The van der Waals surface area contributed by atoms with Crippen LogP contribution in [-0.4, -0.2) is 93.8 Å². The van der Waals surface area contributed by atoms with Gasteiger partial charge < -0.3 is 9.47 Å². The fourth-order valence-electron chi connectivity index (χ4n) is 3.46. The van der Waals surface area contributed by atoms with Crippen LogP contribution in [0.15, 0.2) is 40.5 Å². The zero-order chi connectivity index (χ0) is 23.3. The van der Waals surface area contributed by atoms with Crippen LogP contribution in [0.2, 0.25) is 0 Å². The van der Waals surface area contributed by atoms with Gasteiger partial charge in [0.1, 0.15) is 0 Å². The molecule has 33 heavy (non-hydrogen) atoms. The Kier molecular flexibility index (Phi) is 7.71. The predicted octanol–water partition coefficient (Wildman–Crippen LogP) is 1.05. The molecule has 0 bridgehead atoms. The summed E-state index contributed by atoms with van der Waals surface area (Å²) in [6.07, 6.45) is 2.92. The highest BCUT2D eigenvalue weighted by molar-refractivity contribution is 7.90. The zero-order valence-electron chi connectivity index (χ0n) is 18.4. The number of nitrogens with zero attached hydrogens (tertiary/aromatic N) is 4. The van der Waals surface area contributed by atoms with Crippen molar-refractivity contribution in [3.63, 3.8) is 0 Å². The van der Waals surface area contributed by atoms with Crippen molar-refractivity contribution in [3.8, 4) is 0 Å². The third-order valence-corrected chi connectivity index (χ3v) is 7.28. The molecule has 1 aromatic heterocycles. The van der Waals surface area contributed by atoms with Crippen LogP contribution in [0.3, 0.4) is 0 Å². The van der Waals surface area contributed by atoms with Crippen molar-refractivity contribution in [1.82, 2.24) is 14.9 Å². The van der Waals surface area contributed by atoms with E-state index in [9.17, 15) is 13.2 Å². The number of carbonyl (C=O) groups is 1. The summed E-state index contributed by atoms with van der Waals surface area (Å²) >= 11 is 1.43. The normalized spacial score (nSPS) is 18.3. The van der Waals surface area contributed by atoms with Crippen molar-refractivity contribution < 1.29 is 22.7 Å². The molecule has 2 aliphatic heterocycles. The minimum Gasteiger partial charge on any atom is -0.379 e. The molecule has 3 heterocycles. The smallest absolute Gasteiger partial charge is 0.278 e. The molecule has 1 amide bonds. The van der Waals surface area contributed by atoms with Crippen LogP contribution in [0.5, 0.6) is 0 Å². The molecule has 2 fully saturated rings. The van der Waals surface area contributed by atoms with Gasteiger partial charge in [0.25, 0.3) is 5.91 Å². The van der Waals surface area contributed by atoms with Crippen LogP contribution in [0.1, 0.15) is 10.4 Å². The second-order valence-corrected chi connectivity index (χ2v) is 10.9. The molecular weight excluding hydrogens is 466 g/mol. The Labute approximate surface area is 197 Å². The molecule has 0 aliphatic carbocycles. The summed E-state index contributed by atoms with van der Waals surface area (Å²) in [5.74, 6) is -0.402. The minimum absolute atomic E-state index is 0.185. The third kappa shape index (κ3) is 6.58. The van der Waals surface area contributed by atoms with Crippen molar-refractivity contribution in [3.05, 3.63) is 40.9 Å². The third-order valence-electron chi connectivity index (χ3n) is 5.26. The number of hydrogen-bond acceptors (Lipinski definition) is 10. The summed E-state index contributed by atoms with van der Waals surface area (Å²) in [7, 11) is -3.34. The highest BCUT2D eigenvalue weighted by Crippen LogP contribution is 2.21. The SMILES string of the molecule is CS(=O)(=O)c1ccc(/C(=N\N2CCOCC2)C(=O)Nc2ncc(CN3CCOCC3)s2)cc1. The number of sulfone groups is 1. The van der Waals surface area contributed by atoms with Gasteiger partial charge in [0.2, 0.25) is 0 Å². The number of ether oxygens (including phenoxy) is 2.